The molecule has 0 aromatic heterocycles. The third-order valence-electron chi connectivity index (χ3n) is 3.08. The highest BCUT2D eigenvalue weighted by Gasteiger charge is 2.20. The largest absolute Gasteiger partial charge is 0.466 e. The zero-order valence-corrected chi connectivity index (χ0v) is 12.6. The van der Waals surface area contributed by atoms with Gasteiger partial charge in [0.1, 0.15) is 5.84 Å². The summed E-state index contributed by atoms with van der Waals surface area (Å²) in [6, 6.07) is 0. The van der Waals surface area contributed by atoms with E-state index in [2.05, 4.69) is 16.5 Å². The van der Waals surface area contributed by atoms with E-state index in [0.717, 1.165) is 18.9 Å². The van der Waals surface area contributed by atoms with Gasteiger partial charge in [0.05, 0.1) is 26.4 Å². The van der Waals surface area contributed by atoms with Crippen molar-refractivity contribution in [2.75, 3.05) is 33.4 Å². The van der Waals surface area contributed by atoms with E-state index in [-0.39, 0.29) is 12.1 Å². The van der Waals surface area contributed by atoms with Crippen molar-refractivity contribution in [2.24, 2.45) is 4.99 Å². The molecule has 0 aromatic rings. The van der Waals surface area contributed by atoms with E-state index in [1.54, 1.807) is 6.08 Å². The maximum Gasteiger partial charge on any atom is 0.333 e. The lowest BCUT2D eigenvalue weighted by molar-refractivity contribution is -0.136. The fourth-order valence-corrected chi connectivity index (χ4v) is 2.01. The van der Waals surface area contributed by atoms with E-state index in [0.29, 0.717) is 25.1 Å². The van der Waals surface area contributed by atoms with Crippen LogP contribution in [0.3, 0.4) is 0 Å². The van der Waals surface area contributed by atoms with Crippen molar-refractivity contribution in [3.63, 3.8) is 0 Å². The molecule has 0 aliphatic carbocycles. The minimum absolute atomic E-state index is 0.161. The number of hydrogen-bond acceptors (Lipinski definition) is 4. The van der Waals surface area contributed by atoms with Crippen LogP contribution in [0.25, 0.3) is 0 Å². The van der Waals surface area contributed by atoms with Crippen molar-refractivity contribution >= 4 is 11.8 Å². The Hall–Kier alpha value is -1.62. The number of ether oxygens (including phenoxy) is 2. The van der Waals surface area contributed by atoms with Gasteiger partial charge in [0, 0.05) is 18.7 Å². The number of aliphatic imine (C=N–C) groups is 1. The van der Waals surface area contributed by atoms with Crippen LogP contribution in [-0.2, 0) is 14.3 Å². The first-order valence-corrected chi connectivity index (χ1v) is 6.93. The molecule has 0 spiro atoms. The summed E-state index contributed by atoms with van der Waals surface area (Å²) < 4.78 is 10.3. The van der Waals surface area contributed by atoms with Gasteiger partial charge in [0.2, 0.25) is 0 Å². The molecule has 1 atom stereocenters. The number of morpholine rings is 1. The van der Waals surface area contributed by atoms with Crippen LogP contribution < -0.4 is 0 Å². The average molecular weight is 280 g/mol. The van der Waals surface area contributed by atoms with E-state index in [4.69, 9.17) is 9.47 Å². The van der Waals surface area contributed by atoms with Gasteiger partial charge >= 0.3 is 5.97 Å². The Morgan fingerprint density at radius 3 is 2.90 bits per heavy atom. The molecule has 1 heterocycles. The Morgan fingerprint density at radius 2 is 2.35 bits per heavy atom. The molecule has 0 saturated carbocycles. The van der Waals surface area contributed by atoms with E-state index in [1.807, 2.05) is 19.9 Å². The van der Waals surface area contributed by atoms with Gasteiger partial charge in [0.25, 0.3) is 0 Å². The molecule has 5 nitrogen and oxygen atoms in total. The minimum Gasteiger partial charge on any atom is -0.466 e. The molecule has 1 saturated heterocycles. The van der Waals surface area contributed by atoms with Crippen LogP contribution >= 0.6 is 0 Å². The Labute approximate surface area is 121 Å². The number of rotatable bonds is 5. The Balaban J connectivity index is 2.96. The van der Waals surface area contributed by atoms with Gasteiger partial charge in [-0.15, -0.1) is 6.58 Å². The number of hydrogen-bond donors (Lipinski definition) is 0. The summed E-state index contributed by atoms with van der Waals surface area (Å²) >= 11 is 0. The molecule has 0 aromatic carbocycles. The number of carbonyl (C=O) groups excluding carboxylic acids is 1. The zero-order chi connectivity index (χ0) is 15.0. The minimum atomic E-state index is -0.305. The quantitative estimate of drug-likeness (QED) is 0.253. The van der Waals surface area contributed by atoms with Gasteiger partial charge in [-0.2, -0.15) is 0 Å². The molecular weight excluding hydrogens is 256 g/mol. The predicted molar refractivity (Wildman–Crippen MR) is 79.9 cm³/mol. The molecular formula is C15H24N2O3. The molecule has 20 heavy (non-hydrogen) atoms. The maximum atomic E-state index is 11.7. The second-order valence-electron chi connectivity index (χ2n) is 4.63. The topological polar surface area (TPSA) is 51.1 Å². The van der Waals surface area contributed by atoms with E-state index >= 15 is 0 Å². The van der Waals surface area contributed by atoms with Crippen molar-refractivity contribution in [1.29, 1.82) is 0 Å². The molecule has 1 unspecified atom stereocenters. The Kier molecular flexibility index (Phi) is 7.01. The van der Waals surface area contributed by atoms with Gasteiger partial charge in [-0.3, -0.25) is 4.99 Å². The lowest BCUT2D eigenvalue weighted by Gasteiger charge is -2.32. The standard InChI is InChI=1S/C15H24N2O3/c1-5-7-16-14(10-13(6-2)15(18)19-4)17-8-9-20-12(3)11-17/h5,10,12H,1,6-9,11H2,2-4H3/b13-10+,16-14+. The third kappa shape index (κ3) is 4.81. The molecule has 0 amide bonds. The zero-order valence-electron chi connectivity index (χ0n) is 12.6. The summed E-state index contributed by atoms with van der Waals surface area (Å²) in [6.07, 6.45) is 4.32. The van der Waals surface area contributed by atoms with Gasteiger partial charge < -0.3 is 14.4 Å². The first-order chi connectivity index (χ1) is 9.62. The van der Waals surface area contributed by atoms with Crippen LogP contribution in [0.2, 0.25) is 0 Å². The summed E-state index contributed by atoms with van der Waals surface area (Å²) in [4.78, 5) is 18.3. The highest BCUT2D eigenvalue weighted by atomic mass is 16.5. The van der Waals surface area contributed by atoms with Crippen molar-refractivity contribution < 1.29 is 14.3 Å². The summed E-state index contributed by atoms with van der Waals surface area (Å²) in [7, 11) is 1.39. The van der Waals surface area contributed by atoms with Crippen LogP contribution in [0.5, 0.6) is 0 Å². The Morgan fingerprint density at radius 1 is 1.60 bits per heavy atom. The molecule has 1 fully saturated rings. The van der Waals surface area contributed by atoms with Crippen LogP contribution in [0, 0.1) is 0 Å². The number of esters is 1. The van der Waals surface area contributed by atoms with Crippen molar-refractivity contribution in [1.82, 2.24) is 4.90 Å². The number of carbonyl (C=O) groups is 1. The monoisotopic (exact) mass is 280 g/mol. The van der Waals surface area contributed by atoms with Crippen LogP contribution in [0.15, 0.2) is 29.3 Å². The summed E-state index contributed by atoms with van der Waals surface area (Å²) in [5.74, 6) is 0.488. The van der Waals surface area contributed by atoms with E-state index < -0.39 is 0 Å². The number of methoxy groups -OCH3 is 1. The maximum absolute atomic E-state index is 11.7. The SMILES string of the molecule is C=CC/N=C(\C=C(/CC)C(=O)OC)N1CCOC(C)C1. The van der Waals surface area contributed by atoms with Crippen molar-refractivity contribution in [2.45, 2.75) is 26.4 Å². The first kappa shape index (κ1) is 16.4. The smallest absolute Gasteiger partial charge is 0.333 e. The molecule has 0 radical (unpaired) electrons. The van der Waals surface area contributed by atoms with Crippen LogP contribution in [-0.4, -0.2) is 56.2 Å². The lowest BCUT2D eigenvalue weighted by Crippen LogP contribution is -2.44. The molecule has 112 valence electrons. The average Bonchev–Trinajstić information content (AvgIpc) is 2.47. The molecule has 0 bridgehead atoms. The summed E-state index contributed by atoms with van der Waals surface area (Å²) in [6.45, 7) is 10.4. The van der Waals surface area contributed by atoms with Gasteiger partial charge in [0.15, 0.2) is 0 Å². The highest BCUT2D eigenvalue weighted by Crippen LogP contribution is 2.10. The second-order valence-corrected chi connectivity index (χ2v) is 4.63. The van der Waals surface area contributed by atoms with Crippen LogP contribution in [0.4, 0.5) is 0 Å². The lowest BCUT2D eigenvalue weighted by atomic mass is 10.1. The third-order valence-corrected chi connectivity index (χ3v) is 3.08. The normalized spacial score (nSPS) is 20.8. The highest BCUT2D eigenvalue weighted by molar-refractivity contribution is 6.01. The second kappa shape index (κ2) is 8.53. The molecule has 5 heteroatoms. The van der Waals surface area contributed by atoms with Gasteiger partial charge in [-0.1, -0.05) is 13.0 Å². The van der Waals surface area contributed by atoms with Gasteiger partial charge in [-0.25, -0.2) is 4.79 Å². The van der Waals surface area contributed by atoms with Gasteiger partial charge in [-0.05, 0) is 19.4 Å². The number of amidine groups is 1. The fourth-order valence-electron chi connectivity index (χ4n) is 2.01. The van der Waals surface area contributed by atoms with Crippen LogP contribution in [0.1, 0.15) is 20.3 Å². The predicted octanol–water partition coefficient (Wildman–Crippen LogP) is 1.80. The molecule has 1 aliphatic heterocycles. The fraction of sp³-hybridized carbons (Fsp3) is 0.600. The van der Waals surface area contributed by atoms with E-state index in [1.165, 1.54) is 7.11 Å². The van der Waals surface area contributed by atoms with E-state index in [9.17, 15) is 4.79 Å². The molecule has 1 aliphatic rings. The van der Waals surface area contributed by atoms with Crippen molar-refractivity contribution in [3.8, 4) is 0 Å². The summed E-state index contributed by atoms with van der Waals surface area (Å²) in [5, 5.41) is 0. The van der Waals surface area contributed by atoms with Crippen molar-refractivity contribution in [3.05, 3.63) is 24.3 Å². The molecule has 1 rings (SSSR count). The Bertz CT molecular complexity index is 402. The first-order valence-electron chi connectivity index (χ1n) is 6.93. The molecule has 0 N–H and O–H groups in total. The summed E-state index contributed by atoms with van der Waals surface area (Å²) in [5.41, 5.74) is 0.620. The number of nitrogens with zero attached hydrogens (tertiary/aromatic N) is 2.